The summed E-state index contributed by atoms with van der Waals surface area (Å²) >= 11 is 0. The molecular formula is C28H50O4Si2. The van der Waals surface area contributed by atoms with E-state index >= 15 is 0 Å². The first kappa shape index (κ1) is 29.3. The molecular weight excluding hydrogens is 456 g/mol. The van der Waals surface area contributed by atoms with E-state index in [-0.39, 0.29) is 29.1 Å². The molecule has 3 unspecified atom stereocenters. The lowest BCUT2D eigenvalue weighted by Crippen LogP contribution is -2.51. The van der Waals surface area contributed by atoms with Gasteiger partial charge in [0.05, 0.1) is 11.7 Å². The monoisotopic (exact) mass is 506 g/mol. The molecule has 2 rings (SSSR count). The number of carbonyl (C=O) groups is 1. The maximum absolute atomic E-state index is 12.8. The van der Waals surface area contributed by atoms with Gasteiger partial charge in [-0.1, -0.05) is 80.5 Å². The van der Waals surface area contributed by atoms with Crippen molar-refractivity contribution in [2.75, 3.05) is 6.61 Å². The minimum atomic E-state index is -2.06. The van der Waals surface area contributed by atoms with Crippen molar-refractivity contribution in [1.29, 1.82) is 0 Å². The van der Waals surface area contributed by atoms with Crippen LogP contribution in [-0.4, -0.2) is 41.4 Å². The van der Waals surface area contributed by atoms with Crippen molar-refractivity contribution in [1.82, 2.24) is 0 Å². The van der Waals surface area contributed by atoms with Gasteiger partial charge >= 0.3 is 5.97 Å². The van der Waals surface area contributed by atoms with Crippen LogP contribution < -0.4 is 0 Å². The van der Waals surface area contributed by atoms with E-state index in [2.05, 4.69) is 75.4 Å². The van der Waals surface area contributed by atoms with Crippen LogP contribution in [-0.2, 0) is 13.6 Å². The molecule has 0 radical (unpaired) electrons. The van der Waals surface area contributed by atoms with E-state index in [1.807, 2.05) is 30.3 Å². The molecule has 194 valence electrons. The van der Waals surface area contributed by atoms with Crippen molar-refractivity contribution in [3.05, 3.63) is 35.9 Å². The maximum Gasteiger partial charge on any atom is 0.338 e. The van der Waals surface area contributed by atoms with Crippen molar-refractivity contribution < 1.29 is 18.4 Å². The Morgan fingerprint density at radius 2 is 1.47 bits per heavy atom. The van der Waals surface area contributed by atoms with Crippen molar-refractivity contribution in [2.45, 2.75) is 122 Å². The van der Waals surface area contributed by atoms with Crippen LogP contribution in [0.5, 0.6) is 0 Å². The van der Waals surface area contributed by atoms with Gasteiger partial charge in [-0.05, 0) is 53.3 Å². The first-order valence-electron chi connectivity index (χ1n) is 13.2. The molecule has 1 aromatic carbocycles. The number of ether oxygens (including phenoxy) is 1. The van der Waals surface area contributed by atoms with Gasteiger partial charge in [0.15, 0.2) is 8.32 Å². The first-order valence-corrected chi connectivity index (χ1v) is 18.2. The molecule has 1 aliphatic carbocycles. The normalized spacial score (nSPS) is 22.1. The number of esters is 1. The van der Waals surface area contributed by atoms with Gasteiger partial charge < -0.3 is 13.6 Å². The number of hydrogen-bond donors (Lipinski definition) is 0. The summed E-state index contributed by atoms with van der Waals surface area (Å²) in [7, 11) is -3.95. The standard InChI is InChI=1S/C28H50O4Si2/c1-20(2)34(21(3)4,22(5)6)32-26-18-25(31-27(29)23-15-13-12-14-16-23)17-24(26)19-30-33(10,11)28(7,8)9/h12-16,20-22,24-26H,17-19H2,1-11H3. The smallest absolute Gasteiger partial charge is 0.338 e. The summed E-state index contributed by atoms with van der Waals surface area (Å²) in [4.78, 5) is 12.8. The zero-order valence-corrected chi connectivity index (χ0v) is 25.6. The van der Waals surface area contributed by atoms with Crippen LogP contribution in [0.4, 0.5) is 0 Å². The molecule has 0 aliphatic heterocycles. The molecule has 3 atom stereocenters. The molecule has 1 fully saturated rings. The molecule has 1 aromatic rings. The molecule has 34 heavy (non-hydrogen) atoms. The third-order valence-electron chi connectivity index (χ3n) is 8.40. The van der Waals surface area contributed by atoms with Crippen molar-refractivity contribution in [3.63, 3.8) is 0 Å². The number of hydrogen-bond acceptors (Lipinski definition) is 4. The van der Waals surface area contributed by atoms with Crippen LogP contribution >= 0.6 is 0 Å². The highest BCUT2D eigenvalue weighted by atomic mass is 28.4. The second kappa shape index (κ2) is 11.4. The lowest BCUT2D eigenvalue weighted by atomic mass is 10.1. The Labute approximate surface area is 211 Å². The summed E-state index contributed by atoms with van der Waals surface area (Å²) in [6.45, 7) is 26.1. The average molecular weight is 507 g/mol. The number of rotatable bonds is 10. The lowest BCUT2D eigenvalue weighted by Gasteiger charge is -2.45. The zero-order chi connectivity index (χ0) is 25.9. The minimum absolute atomic E-state index is 0.0669. The second-order valence-electron chi connectivity index (χ2n) is 12.7. The molecule has 1 saturated carbocycles. The Morgan fingerprint density at radius 3 is 1.94 bits per heavy atom. The van der Waals surface area contributed by atoms with E-state index in [1.165, 1.54) is 0 Å². The third kappa shape index (κ3) is 6.62. The Hall–Kier alpha value is -0.956. The Morgan fingerprint density at radius 1 is 0.941 bits per heavy atom. The highest BCUT2D eigenvalue weighted by molar-refractivity contribution is 6.77. The highest BCUT2D eigenvalue weighted by Crippen LogP contribution is 2.46. The molecule has 0 spiro atoms. The summed E-state index contributed by atoms with van der Waals surface area (Å²) in [5.74, 6) is 0.00113. The summed E-state index contributed by atoms with van der Waals surface area (Å²) in [5.41, 5.74) is 2.15. The average Bonchev–Trinajstić information content (AvgIpc) is 3.10. The van der Waals surface area contributed by atoms with Gasteiger partial charge in [-0.25, -0.2) is 4.79 Å². The molecule has 0 N–H and O–H groups in total. The van der Waals surface area contributed by atoms with E-state index < -0.39 is 16.6 Å². The largest absolute Gasteiger partial charge is 0.459 e. The molecule has 0 aromatic heterocycles. The van der Waals surface area contributed by atoms with E-state index in [1.54, 1.807) is 0 Å². The van der Waals surface area contributed by atoms with E-state index in [0.29, 0.717) is 28.8 Å². The Bertz CT molecular complexity index is 762. The predicted molar refractivity (Wildman–Crippen MR) is 147 cm³/mol. The zero-order valence-electron chi connectivity index (χ0n) is 23.6. The highest BCUT2D eigenvalue weighted by Gasteiger charge is 2.50. The molecule has 6 heteroatoms. The maximum atomic E-state index is 12.8. The van der Waals surface area contributed by atoms with Gasteiger partial charge in [-0.15, -0.1) is 0 Å². The fraction of sp³-hybridized carbons (Fsp3) is 0.750. The molecule has 0 amide bonds. The van der Waals surface area contributed by atoms with Crippen LogP contribution in [0.3, 0.4) is 0 Å². The van der Waals surface area contributed by atoms with Gasteiger partial charge in [0.1, 0.15) is 6.10 Å². The van der Waals surface area contributed by atoms with Crippen LogP contribution in [0.25, 0.3) is 0 Å². The Kier molecular flexibility index (Phi) is 9.82. The van der Waals surface area contributed by atoms with E-state index in [4.69, 9.17) is 13.6 Å². The third-order valence-corrected chi connectivity index (χ3v) is 19.0. The van der Waals surface area contributed by atoms with Gasteiger partial charge in [0.2, 0.25) is 8.32 Å². The van der Waals surface area contributed by atoms with Crippen LogP contribution in [0.1, 0.15) is 85.5 Å². The minimum Gasteiger partial charge on any atom is -0.459 e. The van der Waals surface area contributed by atoms with Crippen molar-refractivity contribution in [3.8, 4) is 0 Å². The van der Waals surface area contributed by atoms with Gasteiger partial charge in [0.25, 0.3) is 0 Å². The van der Waals surface area contributed by atoms with Crippen LogP contribution in [0, 0.1) is 5.92 Å². The molecule has 0 saturated heterocycles. The fourth-order valence-electron chi connectivity index (χ4n) is 5.45. The van der Waals surface area contributed by atoms with Crippen LogP contribution in [0.15, 0.2) is 30.3 Å². The molecule has 0 bridgehead atoms. The van der Waals surface area contributed by atoms with Crippen LogP contribution in [0.2, 0.25) is 34.8 Å². The second-order valence-corrected chi connectivity index (χ2v) is 22.9. The van der Waals surface area contributed by atoms with Gasteiger partial charge in [0, 0.05) is 18.9 Å². The summed E-state index contributed by atoms with van der Waals surface area (Å²) in [6, 6.07) is 9.30. The van der Waals surface area contributed by atoms with Gasteiger partial charge in [-0.2, -0.15) is 0 Å². The van der Waals surface area contributed by atoms with Crippen molar-refractivity contribution in [2.24, 2.45) is 5.92 Å². The fourth-order valence-corrected chi connectivity index (χ4v) is 12.1. The van der Waals surface area contributed by atoms with E-state index in [9.17, 15) is 4.79 Å². The predicted octanol–water partition coefficient (Wildman–Crippen LogP) is 8.20. The molecule has 4 nitrogen and oxygen atoms in total. The van der Waals surface area contributed by atoms with E-state index in [0.717, 1.165) is 12.8 Å². The number of carbonyl (C=O) groups excluding carboxylic acids is 1. The summed E-state index contributed by atoms with van der Waals surface area (Å²) < 4.78 is 19.9. The summed E-state index contributed by atoms with van der Waals surface area (Å²) in [5, 5.41) is 0.160. The van der Waals surface area contributed by atoms with Crippen molar-refractivity contribution >= 4 is 22.6 Å². The lowest BCUT2D eigenvalue weighted by molar-refractivity contribution is 0.0288. The SMILES string of the molecule is CC(C)[Si](OC1CC(OC(=O)c2ccccc2)CC1CO[Si](C)(C)C(C)(C)C)(C(C)C)C(C)C. The molecule has 0 heterocycles. The Balaban J connectivity index is 2.26. The molecule has 1 aliphatic rings. The topological polar surface area (TPSA) is 44.8 Å². The first-order chi connectivity index (χ1) is 15.6. The number of benzene rings is 1. The van der Waals surface area contributed by atoms with Gasteiger partial charge in [-0.3, -0.25) is 0 Å². The summed E-state index contributed by atoms with van der Waals surface area (Å²) in [6.07, 6.45) is 1.49. The quantitative estimate of drug-likeness (QED) is 0.237.